The van der Waals surface area contributed by atoms with E-state index in [1.165, 1.54) is 6.07 Å². The maximum absolute atomic E-state index is 12.5. The number of carbonyl (C=O) groups is 1. The summed E-state index contributed by atoms with van der Waals surface area (Å²) < 4.78 is 0. The molecule has 0 spiro atoms. The number of hydrogen-bond donors (Lipinski definition) is 2. The minimum atomic E-state index is -0.0445. The van der Waals surface area contributed by atoms with Crippen molar-refractivity contribution in [3.63, 3.8) is 0 Å². The molecule has 2 N–H and O–H groups in total. The standard InChI is InChI=1S/C17H13NO3/c19-14-2-1-11-9-17(21)16-4-3-15(20)7-12(16)5-6-18-10-13(11)8-14/h1-8,10,19-20H,9H2/b6-5+,18-10?. The predicted octanol–water partition coefficient (Wildman–Crippen LogP) is 2.93. The molecular formula is C17H13NO3. The Labute approximate surface area is 121 Å². The van der Waals surface area contributed by atoms with E-state index in [0.29, 0.717) is 11.1 Å². The molecule has 4 heteroatoms. The molecule has 0 saturated heterocycles. The average Bonchev–Trinajstić information content (AvgIpc) is 2.45. The summed E-state index contributed by atoms with van der Waals surface area (Å²) in [5, 5.41) is 19.1. The van der Waals surface area contributed by atoms with E-state index in [-0.39, 0.29) is 23.7 Å². The number of phenols is 2. The predicted molar refractivity (Wildman–Crippen MR) is 80.9 cm³/mol. The molecule has 2 aromatic rings. The maximum atomic E-state index is 12.5. The van der Waals surface area contributed by atoms with Gasteiger partial charge in [-0.1, -0.05) is 6.07 Å². The summed E-state index contributed by atoms with van der Waals surface area (Å²) in [7, 11) is 0. The highest BCUT2D eigenvalue weighted by atomic mass is 16.3. The Balaban J connectivity index is 2.13. The van der Waals surface area contributed by atoms with Crippen LogP contribution in [0, 0.1) is 0 Å². The highest BCUT2D eigenvalue weighted by molar-refractivity contribution is 6.02. The number of aromatic hydroxyl groups is 2. The number of phenolic OH excluding ortho intramolecular Hbond substituents is 2. The van der Waals surface area contributed by atoms with Crippen LogP contribution < -0.4 is 0 Å². The zero-order valence-electron chi connectivity index (χ0n) is 11.2. The fourth-order valence-corrected chi connectivity index (χ4v) is 2.32. The van der Waals surface area contributed by atoms with Crippen molar-refractivity contribution in [1.29, 1.82) is 0 Å². The number of fused-ring (bicyclic) bond motifs is 2. The molecule has 0 radical (unpaired) electrons. The number of ketones is 1. The van der Waals surface area contributed by atoms with Gasteiger partial charge in [0, 0.05) is 30.0 Å². The molecule has 0 aliphatic carbocycles. The average molecular weight is 279 g/mol. The summed E-state index contributed by atoms with van der Waals surface area (Å²) in [5.41, 5.74) is 2.70. The minimum absolute atomic E-state index is 0.0445. The Kier molecular flexibility index (Phi) is 3.28. The first-order chi connectivity index (χ1) is 10.1. The largest absolute Gasteiger partial charge is 0.508 e. The van der Waals surface area contributed by atoms with Crippen molar-refractivity contribution in [3.05, 3.63) is 64.9 Å². The Bertz CT molecular complexity index is 776. The molecule has 0 fully saturated rings. The van der Waals surface area contributed by atoms with Gasteiger partial charge in [0.2, 0.25) is 0 Å². The van der Waals surface area contributed by atoms with Crippen LogP contribution in [0.15, 0.2) is 47.6 Å². The third kappa shape index (κ3) is 2.69. The van der Waals surface area contributed by atoms with Crippen LogP contribution in [-0.4, -0.2) is 22.2 Å². The number of hydrogen-bond acceptors (Lipinski definition) is 4. The van der Waals surface area contributed by atoms with Crippen LogP contribution in [0.25, 0.3) is 6.08 Å². The van der Waals surface area contributed by atoms with E-state index < -0.39 is 0 Å². The van der Waals surface area contributed by atoms with Crippen LogP contribution >= 0.6 is 0 Å². The quantitative estimate of drug-likeness (QED) is 0.779. The van der Waals surface area contributed by atoms with Crippen LogP contribution in [0.1, 0.15) is 27.0 Å². The fourth-order valence-electron chi connectivity index (χ4n) is 2.32. The topological polar surface area (TPSA) is 69.9 Å². The van der Waals surface area contributed by atoms with Crippen molar-refractivity contribution in [2.24, 2.45) is 4.99 Å². The lowest BCUT2D eigenvalue weighted by atomic mass is 9.95. The number of nitrogens with zero attached hydrogens (tertiary/aromatic N) is 1. The van der Waals surface area contributed by atoms with E-state index in [4.69, 9.17) is 0 Å². The van der Waals surface area contributed by atoms with E-state index in [2.05, 4.69) is 4.99 Å². The monoisotopic (exact) mass is 279 g/mol. The highest BCUT2D eigenvalue weighted by Gasteiger charge is 2.14. The third-order valence-corrected chi connectivity index (χ3v) is 3.37. The van der Waals surface area contributed by atoms with E-state index in [1.807, 2.05) is 0 Å². The lowest BCUT2D eigenvalue weighted by Gasteiger charge is -2.10. The van der Waals surface area contributed by atoms with Gasteiger partial charge < -0.3 is 10.2 Å². The summed E-state index contributed by atoms with van der Waals surface area (Å²) in [6.07, 6.45) is 5.06. The van der Waals surface area contributed by atoms with Crippen molar-refractivity contribution in [2.75, 3.05) is 0 Å². The van der Waals surface area contributed by atoms with Gasteiger partial charge in [-0.2, -0.15) is 0 Å². The van der Waals surface area contributed by atoms with E-state index in [0.717, 1.165) is 11.1 Å². The van der Waals surface area contributed by atoms with Gasteiger partial charge in [0.1, 0.15) is 11.5 Å². The minimum Gasteiger partial charge on any atom is -0.508 e. The van der Waals surface area contributed by atoms with E-state index >= 15 is 0 Å². The van der Waals surface area contributed by atoms with Gasteiger partial charge in [0.15, 0.2) is 5.78 Å². The number of rotatable bonds is 0. The second kappa shape index (κ2) is 5.25. The van der Waals surface area contributed by atoms with Crippen molar-refractivity contribution < 1.29 is 15.0 Å². The molecule has 1 aliphatic heterocycles. The molecule has 21 heavy (non-hydrogen) atoms. The van der Waals surface area contributed by atoms with Gasteiger partial charge >= 0.3 is 0 Å². The van der Waals surface area contributed by atoms with E-state index in [9.17, 15) is 15.0 Å². The van der Waals surface area contributed by atoms with Crippen LogP contribution in [0.5, 0.6) is 11.5 Å². The zero-order chi connectivity index (χ0) is 14.8. The summed E-state index contributed by atoms with van der Waals surface area (Å²) in [6.45, 7) is 0. The Hall–Kier alpha value is -2.88. The zero-order valence-corrected chi connectivity index (χ0v) is 11.2. The van der Waals surface area contributed by atoms with Crippen LogP contribution in [-0.2, 0) is 6.42 Å². The summed E-state index contributed by atoms with van der Waals surface area (Å²) in [6, 6.07) is 9.51. The molecule has 1 aliphatic rings. The molecule has 0 saturated carbocycles. The van der Waals surface area contributed by atoms with Crippen LogP contribution in [0.4, 0.5) is 0 Å². The third-order valence-electron chi connectivity index (χ3n) is 3.37. The second-order valence-electron chi connectivity index (χ2n) is 4.85. The highest BCUT2D eigenvalue weighted by Crippen LogP contribution is 2.23. The normalized spacial score (nSPS) is 15.1. The van der Waals surface area contributed by atoms with Crippen LogP contribution in [0.3, 0.4) is 0 Å². The first kappa shape index (κ1) is 13.1. The van der Waals surface area contributed by atoms with Gasteiger partial charge in [-0.25, -0.2) is 0 Å². The molecule has 0 atom stereocenters. The van der Waals surface area contributed by atoms with Crippen LogP contribution in [0.2, 0.25) is 0 Å². The molecule has 0 unspecified atom stereocenters. The summed E-state index contributed by atoms with van der Waals surface area (Å²) in [5.74, 6) is 0.202. The van der Waals surface area contributed by atoms with Crippen molar-refractivity contribution in [3.8, 4) is 11.5 Å². The maximum Gasteiger partial charge on any atom is 0.167 e. The van der Waals surface area contributed by atoms with Gasteiger partial charge in [-0.15, -0.1) is 0 Å². The molecule has 2 aromatic carbocycles. The van der Waals surface area contributed by atoms with Gasteiger partial charge in [-0.05, 0) is 47.5 Å². The van der Waals surface area contributed by atoms with Gasteiger partial charge in [0.25, 0.3) is 0 Å². The van der Waals surface area contributed by atoms with E-state index in [1.54, 1.807) is 48.8 Å². The lowest BCUT2D eigenvalue weighted by Crippen LogP contribution is -2.08. The number of aliphatic imine (C=N–C) groups is 1. The fraction of sp³-hybridized carbons (Fsp3) is 0.0588. The van der Waals surface area contributed by atoms with Crippen molar-refractivity contribution in [2.45, 2.75) is 6.42 Å². The molecule has 1 heterocycles. The Morgan fingerprint density at radius 1 is 0.952 bits per heavy atom. The number of carbonyl (C=O) groups excluding carboxylic acids is 1. The van der Waals surface area contributed by atoms with Crippen molar-refractivity contribution >= 4 is 18.1 Å². The summed E-state index contributed by atoms with van der Waals surface area (Å²) in [4.78, 5) is 16.6. The number of Topliss-reactive ketones (excluding diaryl/α,β-unsaturated/α-hetero) is 1. The first-order valence-electron chi connectivity index (χ1n) is 6.51. The second-order valence-corrected chi connectivity index (χ2v) is 4.85. The van der Waals surface area contributed by atoms with Crippen molar-refractivity contribution in [1.82, 2.24) is 0 Å². The molecule has 0 amide bonds. The van der Waals surface area contributed by atoms with Gasteiger partial charge in [0.05, 0.1) is 0 Å². The molecule has 3 rings (SSSR count). The molecule has 0 aromatic heterocycles. The summed E-state index contributed by atoms with van der Waals surface area (Å²) >= 11 is 0. The lowest BCUT2D eigenvalue weighted by molar-refractivity contribution is 0.0992. The number of benzene rings is 2. The Morgan fingerprint density at radius 3 is 2.48 bits per heavy atom. The smallest absolute Gasteiger partial charge is 0.167 e. The molecule has 104 valence electrons. The molecule has 4 nitrogen and oxygen atoms in total. The SMILES string of the molecule is O=C1Cc2ccc(O)cc2C=N/C=C/c2cc(O)ccc21. The molecular weight excluding hydrogens is 266 g/mol. The van der Waals surface area contributed by atoms with Gasteiger partial charge in [-0.3, -0.25) is 9.79 Å². The Morgan fingerprint density at radius 2 is 1.67 bits per heavy atom. The first-order valence-corrected chi connectivity index (χ1v) is 6.51. The molecule has 0 bridgehead atoms.